The predicted molar refractivity (Wildman–Crippen MR) is 113 cm³/mol. The molecule has 0 bridgehead atoms. The van der Waals surface area contributed by atoms with E-state index in [-0.39, 0.29) is 25.0 Å². The molecule has 3 atom stereocenters. The minimum atomic E-state index is -4.77. The molecule has 7 nitrogen and oxygen atoms in total. The minimum absolute atomic E-state index is 0.0545. The number of carbonyl (C=O) groups excluding carboxylic acids is 2. The van der Waals surface area contributed by atoms with Crippen molar-refractivity contribution in [1.82, 2.24) is 0 Å². The van der Waals surface area contributed by atoms with Crippen LogP contribution in [-0.2, 0) is 29.2 Å². The quantitative estimate of drug-likeness (QED) is 0.203. The van der Waals surface area contributed by atoms with Crippen LogP contribution in [0.25, 0.3) is 0 Å². The van der Waals surface area contributed by atoms with Crippen LogP contribution in [0.4, 0.5) is 0 Å². The van der Waals surface area contributed by atoms with E-state index < -0.39 is 33.7 Å². The molecule has 0 aliphatic rings. The van der Waals surface area contributed by atoms with Gasteiger partial charge in [0.15, 0.2) is 5.25 Å². The fraction of sp³-hybridized carbons (Fsp3) is 0.905. The third-order valence-electron chi connectivity index (χ3n) is 5.06. The molecule has 0 aromatic carbocycles. The molecule has 0 amide bonds. The molecule has 3 unspecified atom stereocenters. The first-order valence-corrected chi connectivity index (χ1v) is 12.4. The van der Waals surface area contributed by atoms with E-state index in [1.54, 1.807) is 0 Å². The topological polar surface area (TPSA) is 107 Å². The van der Waals surface area contributed by atoms with E-state index in [1.807, 2.05) is 13.8 Å². The normalized spacial score (nSPS) is 14.8. The van der Waals surface area contributed by atoms with Gasteiger partial charge in [0.1, 0.15) is 0 Å². The standard InChI is InChI=1S/C21H40O7S/c1-5-8-10-12-17(4)15-28-21(23)19(29(24,25)26)14-20(22)27-16-18(7-3)13-11-9-6-2/h17-19H,5-16H2,1-4H3,(H,24,25,26). The van der Waals surface area contributed by atoms with Crippen LogP contribution in [0.3, 0.4) is 0 Å². The molecular weight excluding hydrogens is 396 g/mol. The van der Waals surface area contributed by atoms with Crippen molar-refractivity contribution in [2.24, 2.45) is 11.8 Å². The molecule has 29 heavy (non-hydrogen) atoms. The first kappa shape index (κ1) is 27.8. The Balaban J connectivity index is 4.59. The zero-order chi connectivity index (χ0) is 22.3. The van der Waals surface area contributed by atoms with Gasteiger partial charge in [-0.2, -0.15) is 8.42 Å². The number of unbranched alkanes of at least 4 members (excludes halogenated alkanes) is 4. The van der Waals surface area contributed by atoms with Crippen molar-refractivity contribution in [1.29, 1.82) is 0 Å². The number of carbonyl (C=O) groups is 2. The number of esters is 2. The molecule has 0 spiro atoms. The molecule has 1 N–H and O–H groups in total. The summed E-state index contributed by atoms with van der Waals surface area (Å²) in [6.45, 7) is 8.35. The molecule has 0 aliphatic heterocycles. The Morgan fingerprint density at radius 1 is 0.897 bits per heavy atom. The molecule has 0 fully saturated rings. The summed E-state index contributed by atoms with van der Waals surface area (Å²) < 4.78 is 42.7. The van der Waals surface area contributed by atoms with Crippen molar-refractivity contribution in [3.63, 3.8) is 0 Å². The van der Waals surface area contributed by atoms with Gasteiger partial charge in [0.25, 0.3) is 10.1 Å². The number of hydrogen-bond acceptors (Lipinski definition) is 6. The molecule has 0 heterocycles. The molecule has 0 aromatic rings. The third kappa shape index (κ3) is 13.7. The smallest absolute Gasteiger partial charge is 0.327 e. The highest BCUT2D eigenvalue weighted by Gasteiger charge is 2.36. The molecule has 0 aromatic heterocycles. The van der Waals surface area contributed by atoms with E-state index in [2.05, 4.69) is 13.8 Å². The van der Waals surface area contributed by atoms with Gasteiger partial charge < -0.3 is 9.47 Å². The van der Waals surface area contributed by atoms with Crippen LogP contribution in [0.2, 0.25) is 0 Å². The average Bonchev–Trinajstić information content (AvgIpc) is 2.66. The highest BCUT2D eigenvalue weighted by atomic mass is 32.2. The first-order chi connectivity index (χ1) is 13.6. The SMILES string of the molecule is CCCCCC(C)COC(=O)C(CC(=O)OCC(CC)CCCCC)S(=O)(=O)O. The Morgan fingerprint density at radius 2 is 1.48 bits per heavy atom. The van der Waals surface area contributed by atoms with Crippen molar-refractivity contribution in [3.8, 4) is 0 Å². The lowest BCUT2D eigenvalue weighted by molar-refractivity contribution is -0.151. The maximum atomic E-state index is 12.2. The van der Waals surface area contributed by atoms with Crippen molar-refractivity contribution in [3.05, 3.63) is 0 Å². The lowest BCUT2D eigenvalue weighted by Gasteiger charge is -2.17. The summed E-state index contributed by atoms with van der Waals surface area (Å²) in [5, 5.41) is -1.95. The van der Waals surface area contributed by atoms with Gasteiger partial charge in [-0.25, -0.2) is 0 Å². The van der Waals surface area contributed by atoms with Gasteiger partial charge in [0, 0.05) is 0 Å². The average molecular weight is 437 g/mol. The van der Waals surface area contributed by atoms with E-state index in [4.69, 9.17) is 9.47 Å². The summed E-state index contributed by atoms with van der Waals surface area (Å²) in [5.41, 5.74) is 0. The molecule has 0 radical (unpaired) electrons. The van der Waals surface area contributed by atoms with Gasteiger partial charge in [-0.05, 0) is 24.7 Å². The zero-order valence-corrected chi connectivity index (χ0v) is 19.3. The number of hydrogen-bond donors (Lipinski definition) is 1. The Kier molecular flexibility index (Phi) is 15.0. The molecule has 8 heteroatoms. The Labute approximate surface area is 176 Å². The van der Waals surface area contributed by atoms with E-state index in [1.165, 1.54) is 0 Å². The largest absolute Gasteiger partial charge is 0.465 e. The van der Waals surface area contributed by atoms with Crippen molar-refractivity contribution < 1.29 is 32.0 Å². The van der Waals surface area contributed by atoms with Gasteiger partial charge >= 0.3 is 11.9 Å². The van der Waals surface area contributed by atoms with Crippen molar-refractivity contribution in [2.75, 3.05) is 13.2 Å². The van der Waals surface area contributed by atoms with Gasteiger partial charge in [-0.3, -0.25) is 14.1 Å². The van der Waals surface area contributed by atoms with Crippen LogP contribution in [0.5, 0.6) is 0 Å². The Morgan fingerprint density at radius 3 is 2.00 bits per heavy atom. The van der Waals surface area contributed by atoms with Crippen molar-refractivity contribution >= 4 is 22.1 Å². The summed E-state index contributed by atoms with van der Waals surface area (Å²) in [6.07, 6.45) is 8.30. The number of rotatable bonds is 17. The van der Waals surface area contributed by atoms with Crippen LogP contribution >= 0.6 is 0 Å². The highest BCUT2D eigenvalue weighted by molar-refractivity contribution is 7.87. The summed E-state index contributed by atoms with van der Waals surface area (Å²) in [6, 6.07) is 0. The van der Waals surface area contributed by atoms with Crippen LogP contribution in [-0.4, -0.2) is 43.4 Å². The Bertz CT molecular complexity index is 559. The third-order valence-corrected chi connectivity index (χ3v) is 6.14. The predicted octanol–water partition coefficient (Wildman–Crippen LogP) is 4.54. The zero-order valence-electron chi connectivity index (χ0n) is 18.5. The van der Waals surface area contributed by atoms with Crippen LogP contribution in [0, 0.1) is 11.8 Å². The lowest BCUT2D eigenvalue weighted by Crippen LogP contribution is -2.35. The molecule has 0 saturated carbocycles. The number of ether oxygens (including phenoxy) is 2. The Hall–Kier alpha value is -1.15. The summed E-state index contributed by atoms with van der Waals surface area (Å²) in [7, 11) is -4.77. The summed E-state index contributed by atoms with van der Waals surface area (Å²) >= 11 is 0. The van der Waals surface area contributed by atoms with Crippen molar-refractivity contribution in [2.45, 2.75) is 97.2 Å². The van der Waals surface area contributed by atoms with Crippen LogP contribution in [0.15, 0.2) is 0 Å². The van der Waals surface area contributed by atoms with Gasteiger partial charge in [-0.1, -0.05) is 72.6 Å². The van der Waals surface area contributed by atoms with Gasteiger partial charge in [-0.15, -0.1) is 0 Å². The molecule has 0 aliphatic carbocycles. The summed E-state index contributed by atoms with van der Waals surface area (Å²) in [5.74, 6) is -1.66. The van der Waals surface area contributed by atoms with Crippen LogP contribution < -0.4 is 0 Å². The first-order valence-electron chi connectivity index (χ1n) is 10.9. The van der Waals surface area contributed by atoms with Gasteiger partial charge in [0.05, 0.1) is 19.6 Å². The molecule has 0 saturated heterocycles. The van der Waals surface area contributed by atoms with Crippen LogP contribution in [0.1, 0.15) is 91.9 Å². The second-order valence-electron chi connectivity index (χ2n) is 7.89. The lowest BCUT2D eigenvalue weighted by atomic mass is 10.00. The highest BCUT2D eigenvalue weighted by Crippen LogP contribution is 2.16. The second-order valence-corrected chi connectivity index (χ2v) is 9.49. The van der Waals surface area contributed by atoms with E-state index in [9.17, 15) is 22.6 Å². The van der Waals surface area contributed by atoms with E-state index >= 15 is 0 Å². The maximum Gasteiger partial charge on any atom is 0.327 e. The van der Waals surface area contributed by atoms with E-state index in [0.29, 0.717) is 0 Å². The fourth-order valence-electron chi connectivity index (χ4n) is 2.96. The molecular formula is C21H40O7S. The second kappa shape index (κ2) is 15.7. The fourth-order valence-corrected chi connectivity index (χ4v) is 3.62. The maximum absolute atomic E-state index is 12.2. The summed E-state index contributed by atoms with van der Waals surface area (Å²) in [4.78, 5) is 24.2. The monoisotopic (exact) mass is 436 g/mol. The molecule has 0 rings (SSSR count). The minimum Gasteiger partial charge on any atom is -0.465 e. The molecule has 172 valence electrons. The van der Waals surface area contributed by atoms with Gasteiger partial charge in [0.2, 0.25) is 0 Å². The van der Waals surface area contributed by atoms with E-state index in [0.717, 1.165) is 57.8 Å².